The van der Waals surface area contributed by atoms with Crippen molar-refractivity contribution in [2.75, 3.05) is 18.5 Å². The predicted molar refractivity (Wildman–Crippen MR) is 72.9 cm³/mol. The van der Waals surface area contributed by atoms with Crippen molar-refractivity contribution in [3.8, 4) is 0 Å². The topological polar surface area (TPSA) is 83.7 Å². The fourth-order valence-electron chi connectivity index (χ4n) is 1.82. The summed E-state index contributed by atoms with van der Waals surface area (Å²) in [5.74, 6) is -1.28. The zero-order chi connectivity index (χ0) is 14.4. The lowest BCUT2D eigenvalue weighted by Gasteiger charge is -2.19. The summed E-state index contributed by atoms with van der Waals surface area (Å²) in [6.45, 7) is 2.90. The summed E-state index contributed by atoms with van der Waals surface area (Å²) in [5.41, 5.74) is 0.0298. The molecule has 0 aromatic heterocycles. The average Bonchev–Trinajstić information content (AvgIpc) is 2.38. The van der Waals surface area contributed by atoms with E-state index in [-0.39, 0.29) is 11.3 Å². The lowest BCUT2D eigenvalue weighted by Crippen LogP contribution is -2.19. The quantitative estimate of drug-likeness (QED) is 0.466. The monoisotopic (exact) mass is 266 g/mol. The highest BCUT2D eigenvalue weighted by atomic mass is 16.6. The first-order valence-electron chi connectivity index (χ1n) is 6.20. The van der Waals surface area contributed by atoms with Crippen molar-refractivity contribution in [3.05, 3.63) is 33.9 Å². The van der Waals surface area contributed by atoms with Crippen molar-refractivity contribution in [3.63, 3.8) is 0 Å². The number of carboxylic acids is 1. The molecule has 6 heteroatoms. The van der Waals surface area contributed by atoms with Crippen LogP contribution in [0.5, 0.6) is 0 Å². The molecule has 0 aliphatic carbocycles. The Morgan fingerprint density at radius 3 is 2.63 bits per heavy atom. The van der Waals surface area contributed by atoms with Crippen LogP contribution in [0.4, 0.5) is 11.4 Å². The molecule has 0 amide bonds. The van der Waals surface area contributed by atoms with Crippen molar-refractivity contribution in [2.24, 2.45) is 0 Å². The molecule has 0 bridgehead atoms. The van der Waals surface area contributed by atoms with Gasteiger partial charge in [0.15, 0.2) is 0 Å². The Labute approximate surface area is 111 Å². The van der Waals surface area contributed by atoms with Crippen LogP contribution in [0.2, 0.25) is 0 Å². The number of aromatic carboxylic acids is 1. The number of anilines is 1. The van der Waals surface area contributed by atoms with Crippen LogP contribution in [0.15, 0.2) is 18.2 Å². The molecule has 1 N–H and O–H groups in total. The summed E-state index contributed by atoms with van der Waals surface area (Å²) in [6.07, 6.45) is 3.21. The number of carboxylic acid groups (broad SMARTS) is 1. The van der Waals surface area contributed by atoms with Gasteiger partial charge in [-0.1, -0.05) is 19.8 Å². The van der Waals surface area contributed by atoms with Gasteiger partial charge in [0, 0.05) is 25.3 Å². The third-order valence-corrected chi connectivity index (χ3v) is 2.95. The number of carbonyl (C=O) groups is 1. The molecular weight excluding hydrogens is 248 g/mol. The predicted octanol–water partition coefficient (Wildman–Crippen LogP) is 2.92. The third kappa shape index (κ3) is 3.94. The first-order valence-corrected chi connectivity index (χ1v) is 6.20. The number of hydrogen-bond acceptors (Lipinski definition) is 4. The van der Waals surface area contributed by atoms with Gasteiger partial charge in [0.2, 0.25) is 0 Å². The minimum Gasteiger partial charge on any atom is -0.477 e. The van der Waals surface area contributed by atoms with Crippen LogP contribution in [0.25, 0.3) is 0 Å². The van der Waals surface area contributed by atoms with E-state index in [0.29, 0.717) is 5.69 Å². The van der Waals surface area contributed by atoms with E-state index < -0.39 is 10.9 Å². The van der Waals surface area contributed by atoms with Gasteiger partial charge in [0.05, 0.1) is 4.92 Å². The van der Waals surface area contributed by atoms with Gasteiger partial charge in [0.25, 0.3) is 5.69 Å². The smallest absolute Gasteiger partial charge is 0.342 e. The van der Waals surface area contributed by atoms with E-state index in [4.69, 9.17) is 5.11 Å². The molecule has 0 saturated carbocycles. The van der Waals surface area contributed by atoms with Gasteiger partial charge in [-0.25, -0.2) is 4.79 Å². The van der Waals surface area contributed by atoms with Gasteiger partial charge in [-0.3, -0.25) is 10.1 Å². The summed E-state index contributed by atoms with van der Waals surface area (Å²) < 4.78 is 0. The second-order valence-electron chi connectivity index (χ2n) is 4.39. The van der Waals surface area contributed by atoms with Gasteiger partial charge >= 0.3 is 5.97 Å². The fourth-order valence-corrected chi connectivity index (χ4v) is 1.82. The van der Waals surface area contributed by atoms with Crippen LogP contribution in [0.3, 0.4) is 0 Å². The molecule has 0 saturated heterocycles. The second-order valence-corrected chi connectivity index (χ2v) is 4.39. The number of rotatable bonds is 7. The summed E-state index contributed by atoms with van der Waals surface area (Å²) >= 11 is 0. The molecule has 0 heterocycles. The van der Waals surface area contributed by atoms with E-state index in [0.717, 1.165) is 25.8 Å². The number of nitro benzene ring substituents is 1. The van der Waals surface area contributed by atoms with Gasteiger partial charge in [0.1, 0.15) is 5.56 Å². The molecule has 0 fully saturated rings. The number of hydrogen-bond donors (Lipinski definition) is 1. The largest absolute Gasteiger partial charge is 0.477 e. The minimum atomic E-state index is -1.28. The maximum Gasteiger partial charge on any atom is 0.342 e. The standard InChI is InChI=1S/C13H18N2O4/c1-3-4-5-8-14(2)10-6-7-12(15(18)19)11(9-10)13(16)17/h6-7,9H,3-5,8H2,1-2H3,(H,16,17). The number of benzene rings is 1. The zero-order valence-electron chi connectivity index (χ0n) is 11.1. The van der Waals surface area contributed by atoms with Crippen molar-refractivity contribution >= 4 is 17.3 Å². The Hall–Kier alpha value is -2.11. The second kappa shape index (κ2) is 6.72. The number of nitrogens with zero attached hydrogens (tertiary/aromatic N) is 2. The van der Waals surface area contributed by atoms with Gasteiger partial charge in [-0.2, -0.15) is 0 Å². The number of nitro groups is 1. The van der Waals surface area contributed by atoms with Crippen LogP contribution in [-0.4, -0.2) is 29.6 Å². The van der Waals surface area contributed by atoms with Gasteiger partial charge in [-0.15, -0.1) is 0 Å². The van der Waals surface area contributed by atoms with Gasteiger partial charge < -0.3 is 10.0 Å². The number of unbranched alkanes of at least 4 members (excludes halogenated alkanes) is 2. The summed E-state index contributed by atoms with van der Waals surface area (Å²) in [6, 6.07) is 4.18. The van der Waals surface area contributed by atoms with Crippen molar-refractivity contribution < 1.29 is 14.8 Å². The average molecular weight is 266 g/mol. The maximum atomic E-state index is 11.0. The summed E-state index contributed by atoms with van der Waals surface area (Å²) in [4.78, 5) is 23.0. The highest BCUT2D eigenvalue weighted by Gasteiger charge is 2.20. The summed E-state index contributed by atoms with van der Waals surface area (Å²) in [7, 11) is 1.85. The van der Waals surface area contributed by atoms with Crippen molar-refractivity contribution in [1.29, 1.82) is 0 Å². The van der Waals surface area contributed by atoms with Gasteiger partial charge in [-0.05, 0) is 18.6 Å². The first kappa shape index (κ1) is 14.9. The third-order valence-electron chi connectivity index (χ3n) is 2.95. The highest BCUT2D eigenvalue weighted by molar-refractivity contribution is 5.93. The first-order chi connectivity index (χ1) is 8.97. The molecule has 0 radical (unpaired) electrons. The molecule has 19 heavy (non-hydrogen) atoms. The van der Waals surface area contributed by atoms with E-state index in [2.05, 4.69) is 6.92 Å². The van der Waals surface area contributed by atoms with E-state index in [1.165, 1.54) is 12.1 Å². The molecule has 1 aromatic rings. The Bertz CT molecular complexity index is 474. The molecule has 6 nitrogen and oxygen atoms in total. The van der Waals surface area contributed by atoms with E-state index in [1.807, 2.05) is 11.9 Å². The molecular formula is C13H18N2O4. The van der Waals surface area contributed by atoms with Crippen LogP contribution >= 0.6 is 0 Å². The molecule has 104 valence electrons. The minimum absolute atomic E-state index is 0.273. The molecule has 1 aromatic carbocycles. The van der Waals surface area contributed by atoms with Crippen molar-refractivity contribution in [2.45, 2.75) is 26.2 Å². The Balaban J connectivity index is 2.95. The van der Waals surface area contributed by atoms with E-state index in [1.54, 1.807) is 6.07 Å². The Morgan fingerprint density at radius 1 is 1.42 bits per heavy atom. The normalized spacial score (nSPS) is 10.2. The molecule has 0 aliphatic rings. The van der Waals surface area contributed by atoms with Crippen LogP contribution in [-0.2, 0) is 0 Å². The SMILES string of the molecule is CCCCCN(C)c1ccc([N+](=O)[O-])c(C(=O)O)c1. The maximum absolute atomic E-state index is 11.0. The Kier molecular flexibility index (Phi) is 5.29. The fraction of sp³-hybridized carbons (Fsp3) is 0.462. The molecule has 0 aliphatic heterocycles. The molecule has 0 unspecified atom stereocenters. The van der Waals surface area contributed by atoms with Crippen LogP contribution in [0.1, 0.15) is 36.5 Å². The Morgan fingerprint density at radius 2 is 2.11 bits per heavy atom. The highest BCUT2D eigenvalue weighted by Crippen LogP contribution is 2.24. The van der Waals surface area contributed by atoms with Crippen LogP contribution in [0, 0.1) is 10.1 Å². The zero-order valence-corrected chi connectivity index (χ0v) is 11.1. The molecule has 0 spiro atoms. The molecule has 0 atom stereocenters. The molecule has 1 rings (SSSR count). The summed E-state index contributed by atoms with van der Waals surface area (Å²) in [5, 5.41) is 19.8. The van der Waals surface area contributed by atoms with Crippen molar-refractivity contribution in [1.82, 2.24) is 0 Å². The van der Waals surface area contributed by atoms with E-state index >= 15 is 0 Å². The lowest BCUT2D eigenvalue weighted by molar-refractivity contribution is -0.385. The van der Waals surface area contributed by atoms with Crippen LogP contribution < -0.4 is 4.90 Å². The lowest BCUT2D eigenvalue weighted by atomic mass is 10.1. The van der Waals surface area contributed by atoms with E-state index in [9.17, 15) is 14.9 Å².